The van der Waals surface area contributed by atoms with Crippen molar-refractivity contribution in [2.45, 2.75) is 57.7 Å². The predicted molar refractivity (Wildman–Crippen MR) is 96.0 cm³/mol. The standard InChI is InChI=1S/C20H27FN2O3/c1-3-12-22-18(24)17-13-26-20(10-8-14(2)9-11-20)23(17)19(25)15-4-6-16(21)7-5-15/h4-7,14,17H,3,8-13H2,1-2H3,(H,22,24). The van der Waals surface area contributed by atoms with Gasteiger partial charge in [0.15, 0.2) is 0 Å². The fourth-order valence-corrected chi connectivity index (χ4v) is 3.88. The number of halogens is 1. The molecule has 1 aliphatic carbocycles. The number of nitrogens with one attached hydrogen (secondary N) is 1. The van der Waals surface area contributed by atoms with Crippen molar-refractivity contribution in [1.82, 2.24) is 10.2 Å². The highest BCUT2D eigenvalue weighted by Gasteiger charge is 2.53. The molecule has 2 fully saturated rings. The van der Waals surface area contributed by atoms with Gasteiger partial charge in [0, 0.05) is 12.1 Å². The van der Waals surface area contributed by atoms with E-state index < -0.39 is 17.6 Å². The molecule has 0 aromatic heterocycles. The van der Waals surface area contributed by atoms with E-state index in [0.29, 0.717) is 18.0 Å². The Morgan fingerprint density at radius 3 is 2.54 bits per heavy atom. The summed E-state index contributed by atoms with van der Waals surface area (Å²) in [5.41, 5.74) is -0.352. The van der Waals surface area contributed by atoms with Crippen LogP contribution in [-0.2, 0) is 9.53 Å². The highest BCUT2D eigenvalue weighted by atomic mass is 19.1. The number of nitrogens with zero attached hydrogens (tertiary/aromatic N) is 1. The van der Waals surface area contributed by atoms with Crippen molar-refractivity contribution in [1.29, 1.82) is 0 Å². The number of carbonyl (C=O) groups excluding carboxylic acids is 2. The van der Waals surface area contributed by atoms with Gasteiger partial charge in [-0.2, -0.15) is 0 Å². The lowest BCUT2D eigenvalue weighted by molar-refractivity contribution is -0.127. The highest BCUT2D eigenvalue weighted by molar-refractivity contribution is 5.98. The SMILES string of the molecule is CCCNC(=O)C1COC2(CCC(C)CC2)N1C(=O)c1ccc(F)cc1. The van der Waals surface area contributed by atoms with Crippen LogP contribution in [0.15, 0.2) is 24.3 Å². The Morgan fingerprint density at radius 1 is 1.27 bits per heavy atom. The lowest BCUT2D eigenvalue weighted by atomic mass is 9.83. The molecule has 2 aliphatic rings. The van der Waals surface area contributed by atoms with Crippen molar-refractivity contribution < 1.29 is 18.7 Å². The number of ether oxygens (including phenoxy) is 1. The van der Waals surface area contributed by atoms with E-state index in [1.54, 1.807) is 4.90 Å². The van der Waals surface area contributed by atoms with Crippen LogP contribution >= 0.6 is 0 Å². The van der Waals surface area contributed by atoms with Gasteiger partial charge in [-0.3, -0.25) is 14.5 Å². The van der Waals surface area contributed by atoms with Crippen LogP contribution in [0, 0.1) is 11.7 Å². The second-order valence-corrected chi connectivity index (χ2v) is 7.43. The minimum atomic E-state index is -0.730. The first-order chi connectivity index (χ1) is 12.5. The third kappa shape index (κ3) is 3.61. The number of hydrogen-bond acceptors (Lipinski definition) is 3. The highest BCUT2D eigenvalue weighted by Crippen LogP contribution is 2.43. The monoisotopic (exact) mass is 362 g/mol. The Morgan fingerprint density at radius 2 is 1.92 bits per heavy atom. The summed E-state index contributed by atoms with van der Waals surface area (Å²) >= 11 is 0. The molecule has 1 saturated heterocycles. The molecule has 142 valence electrons. The number of benzene rings is 1. The zero-order valence-corrected chi connectivity index (χ0v) is 15.5. The average Bonchev–Trinajstić information content (AvgIpc) is 3.01. The number of rotatable bonds is 4. The molecule has 1 N–H and O–H groups in total. The molecule has 2 amide bonds. The van der Waals surface area contributed by atoms with Crippen molar-refractivity contribution in [3.8, 4) is 0 Å². The molecule has 1 aliphatic heterocycles. The lowest BCUT2D eigenvalue weighted by Crippen LogP contribution is -2.56. The van der Waals surface area contributed by atoms with Gasteiger partial charge in [-0.15, -0.1) is 0 Å². The molecular formula is C20H27FN2O3. The molecule has 3 rings (SSSR count). The Hall–Kier alpha value is -1.95. The third-order valence-electron chi connectivity index (χ3n) is 5.48. The molecule has 1 saturated carbocycles. The lowest BCUT2D eigenvalue weighted by Gasteiger charge is -2.43. The van der Waals surface area contributed by atoms with E-state index in [-0.39, 0.29) is 18.4 Å². The van der Waals surface area contributed by atoms with Crippen molar-refractivity contribution in [3.05, 3.63) is 35.6 Å². The van der Waals surface area contributed by atoms with E-state index in [2.05, 4.69) is 12.2 Å². The number of carbonyl (C=O) groups is 2. The van der Waals surface area contributed by atoms with Crippen LogP contribution in [0.4, 0.5) is 4.39 Å². The van der Waals surface area contributed by atoms with Gasteiger partial charge in [-0.25, -0.2) is 4.39 Å². The first-order valence-corrected chi connectivity index (χ1v) is 9.48. The Labute approximate surface area is 153 Å². The van der Waals surface area contributed by atoms with Gasteiger partial charge >= 0.3 is 0 Å². The van der Waals surface area contributed by atoms with Crippen molar-refractivity contribution in [2.75, 3.05) is 13.2 Å². The van der Waals surface area contributed by atoms with Gasteiger partial charge in [0.05, 0.1) is 6.61 Å². The zero-order chi connectivity index (χ0) is 18.7. The molecule has 0 bridgehead atoms. The quantitative estimate of drug-likeness (QED) is 0.895. The van der Waals surface area contributed by atoms with Crippen LogP contribution in [-0.4, -0.2) is 41.6 Å². The number of amides is 2. The molecule has 6 heteroatoms. The molecule has 5 nitrogen and oxygen atoms in total. The molecule has 0 radical (unpaired) electrons. The topological polar surface area (TPSA) is 58.6 Å². The van der Waals surface area contributed by atoms with Crippen LogP contribution in [0.2, 0.25) is 0 Å². The maximum Gasteiger partial charge on any atom is 0.256 e. The summed E-state index contributed by atoms with van der Waals surface area (Å²) in [4.78, 5) is 27.5. The summed E-state index contributed by atoms with van der Waals surface area (Å²) < 4.78 is 19.3. The van der Waals surface area contributed by atoms with Gasteiger partial charge < -0.3 is 10.1 Å². The normalized spacial score (nSPS) is 28.3. The Balaban J connectivity index is 1.90. The minimum absolute atomic E-state index is 0.183. The molecule has 1 aromatic rings. The molecule has 26 heavy (non-hydrogen) atoms. The van der Waals surface area contributed by atoms with Crippen LogP contribution in [0.1, 0.15) is 56.3 Å². The summed E-state index contributed by atoms with van der Waals surface area (Å²) in [6.07, 6.45) is 4.18. The van der Waals surface area contributed by atoms with E-state index in [1.165, 1.54) is 24.3 Å². The summed E-state index contributed by atoms with van der Waals surface area (Å²) in [5, 5.41) is 2.88. The van der Waals surface area contributed by atoms with Gasteiger partial charge in [-0.1, -0.05) is 13.8 Å². The summed E-state index contributed by atoms with van der Waals surface area (Å²) in [6.45, 7) is 4.95. The van der Waals surface area contributed by atoms with Gasteiger partial charge in [-0.05, 0) is 62.3 Å². The summed E-state index contributed by atoms with van der Waals surface area (Å²) in [6, 6.07) is 4.83. The van der Waals surface area contributed by atoms with E-state index in [4.69, 9.17) is 4.74 Å². The second-order valence-electron chi connectivity index (χ2n) is 7.43. The molecule has 1 aromatic carbocycles. The first kappa shape index (κ1) is 18.8. The molecule has 1 heterocycles. The first-order valence-electron chi connectivity index (χ1n) is 9.48. The maximum atomic E-state index is 13.2. The largest absolute Gasteiger partial charge is 0.354 e. The fourth-order valence-electron chi connectivity index (χ4n) is 3.88. The molecule has 1 unspecified atom stereocenters. The predicted octanol–water partition coefficient (Wildman–Crippen LogP) is 3.10. The van der Waals surface area contributed by atoms with Gasteiger partial charge in [0.1, 0.15) is 17.6 Å². The second kappa shape index (κ2) is 7.74. The molecule has 1 atom stereocenters. The van der Waals surface area contributed by atoms with Gasteiger partial charge in [0.25, 0.3) is 5.91 Å². The molecule has 1 spiro atoms. The van der Waals surface area contributed by atoms with E-state index >= 15 is 0 Å². The van der Waals surface area contributed by atoms with Crippen LogP contribution in [0.5, 0.6) is 0 Å². The van der Waals surface area contributed by atoms with Crippen LogP contribution in [0.25, 0.3) is 0 Å². The van der Waals surface area contributed by atoms with E-state index in [9.17, 15) is 14.0 Å². The zero-order valence-electron chi connectivity index (χ0n) is 15.5. The Bertz CT molecular complexity index is 654. The van der Waals surface area contributed by atoms with E-state index in [1.807, 2.05) is 6.92 Å². The van der Waals surface area contributed by atoms with Gasteiger partial charge in [0.2, 0.25) is 5.91 Å². The van der Waals surface area contributed by atoms with E-state index in [0.717, 1.165) is 32.1 Å². The average molecular weight is 362 g/mol. The Kier molecular flexibility index (Phi) is 5.61. The molecular weight excluding hydrogens is 335 g/mol. The van der Waals surface area contributed by atoms with Crippen molar-refractivity contribution in [3.63, 3.8) is 0 Å². The maximum absolute atomic E-state index is 13.2. The summed E-state index contributed by atoms with van der Waals surface area (Å²) in [5.74, 6) is -0.260. The smallest absolute Gasteiger partial charge is 0.256 e. The van der Waals surface area contributed by atoms with Crippen LogP contribution < -0.4 is 5.32 Å². The van der Waals surface area contributed by atoms with Crippen LogP contribution in [0.3, 0.4) is 0 Å². The third-order valence-corrected chi connectivity index (χ3v) is 5.48. The fraction of sp³-hybridized carbons (Fsp3) is 0.600. The number of hydrogen-bond donors (Lipinski definition) is 1. The van der Waals surface area contributed by atoms with Crippen molar-refractivity contribution in [2.24, 2.45) is 5.92 Å². The summed E-state index contributed by atoms with van der Waals surface area (Å²) in [7, 11) is 0. The van der Waals surface area contributed by atoms with Crippen molar-refractivity contribution >= 4 is 11.8 Å². The minimum Gasteiger partial charge on any atom is -0.354 e.